The van der Waals surface area contributed by atoms with E-state index < -0.39 is 16.5 Å². The predicted molar refractivity (Wildman–Crippen MR) is 86.8 cm³/mol. The molecular formula is C18H19NO4. The van der Waals surface area contributed by atoms with Crippen molar-refractivity contribution in [3.05, 3.63) is 52.6 Å². The molecule has 0 aliphatic heterocycles. The van der Waals surface area contributed by atoms with Crippen molar-refractivity contribution in [2.75, 3.05) is 0 Å². The van der Waals surface area contributed by atoms with Crippen LogP contribution >= 0.6 is 0 Å². The Morgan fingerprint density at radius 3 is 2.74 bits per heavy atom. The highest BCUT2D eigenvalue weighted by atomic mass is 16.6. The van der Waals surface area contributed by atoms with Crippen LogP contribution in [-0.4, -0.2) is 16.5 Å². The fourth-order valence-corrected chi connectivity index (χ4v) is 3.02. The average Bonchev–Trinajstić information content (AvgIpc) is 2.57. The standard InChI is InChI=1S/C18H19NO4/c1-3-7-15-8-5-6-13-18(15,4-2)23-17(20)14-9-11-16(12-10-14)19(21)22/h2-3,9-12,15H,1,5-8,13H2/t15-,18+/m1/s1. The highest BCUT2D eigenvalue weighted by Crippen LogP contribution is 2.39. The molecule has 1 aliphatic carbocycles. The van der Waals surface area contributed by atoms with Crippen LogP contribution in [0.3, 0.4) is 0 Å². The normalized spacial score (nSPS) is 23.5. The van der Waals surface area contributed by atoms with Gasteiger partial charge < -0.3 is 4.74 Å². The average molecular weight is 313 g/mol. The Morgan fingerprint density at radius 1 is 1.48 bits per heavy atom. The van der Waals surface area contributed by atoms with Gasteiger partial charge in [0.2, 0.25) is 0 Å². The number of esters is 1. The van der Waals surface area contributed by atoms with E-state index in [4.69, 9.17) is 11.2 Å². The number of nitro groups is 1. The second kappa shape index (κ2) is 7.10. The number of non-ortho nitro benzene ring substituents is 1. The van der Waals surface area contributed by atoms with Gasteiger partial charge in [-0.25, -0.2) is 4.79 Å². The van der Waals surface area contributed by atoms with Crippen molar-refractivity contribution in [3.63, 3.8) is 0 Å². The minimum absolute atomic E-state index is 0.0562. The summed E-state index contributed by atoms with van der Waals surface area (Å²) in [6.07, 6.45) is 11.7. The summed E-state index contributed by atoms with van der Waals surface area (Å²) in [6.45, 7) is 3.75. The molecule has 1 aliphatic rings. The van der Waals surface area contributed by atoms with Crippen LogP contribution in [0.25, 0.3) is 0 Å². The summed E-state index contributed by atoms with van der Waals surface area (Å²) >= 11 is 0. The summed E-state index contributed by atoms with van der Waals surface area (Å²) in [6, 6.07) is 5.33. The topological polar surface area (TPSA) is 69.4 Å². The predicted octanol–water partition coefficient (Wildman–Crippen LogP) is 3.89. The van der Waals surface area contributed by atoms with Crippen LogP contribution < -0.4 is 0 Å². The Bertz CT molecular complexity index is 644. The van der Waals surface area contributed by atoms with Gasteiger partial charge in [0.05, 0.1) is 10.5 Å². The first-order valence-corrected chi connectivity index (χ1v) is 7.59. The molecule has 0 amide bonds. The summed E-state index contributed by atoms with van der Waals surface area (Å²) < 4.78 is 5.69. The quantitative estimate of drug-likeness (QED) is 0.272. The molecule has 0 N–H and O–H groups in total. The molecule has 120 valence electrons. The number of ether oxygens (including phenoxy) is 1. The lowest BCUT2D eigenvalue weighted by atomic mass is 9.74. The van der Waals surface area contributed by atoms with Crippen LogP contribution in [0.2, 0.25) is 0 Å². The van der Waals surface area contributed by atoms with Crippen LogP contribution in [0.4, 0.5) is 5.69 Å². The minimum Gasteiger partial charge on any atom is -0.442 e. The van der Waals surface area contributed by atoms with E-state index in [0.717, 1.165) is 19.3 Å². The van der Waals surface area contributed by atoms with E-state index in [1.165, 1.54) is 24.3 Å². The molecule has 0 aromatic heterocycles. The molecule has 0 spiro atoms. The van der Waals surface area contributed by atoms with Crippen LogP contribution in [-0.2, 0) is 4.74 Å². The van der Waals surface area contributed by atoms with Crippen molar-refractivity contribution < 1.29 is 14.5 Å². The van der Waals surface area contributed by atoms with E-state index in [0.29, 0.717) is 12.8 Å². The zero-order valence-electron chi connectivity index (χ0n) is 12.9. The van der Waals surface area contributed by atoms with Crippen LogP contribution in [0.1, 0.15) is 42.5 Å². The lowest BCUT2D eigenvalue weighted by molar-refractivity contribution is -0.384. The van der Waals surface area contributed by atoms with E-state index >= 15 is 0 Å². The summed E-state index contributed by atoms with van der Waals surface area (Å²) in [7, 11) is 0. The van der Waals surface area contributed by atoms with Crippen molar-refractivity contribution in [3.8, 4) is 12.3 Å². The molecule has 0 heterocycles. The molecule has 5 nitrogen and oxygen atoms in total. The molecule has 0 radical (unpaired) electrons. The van der Waals surface area contributed by atoms with Crippen LogP contribution in [0.15, 0.2) is 36.9 Å². The number of nitrogens with zero attached hydrogens (tertiary/aromatic N) is 1. The van der Waals surface area contributed by atoms with Crippen molar-refractivity contribution >= 4 is 11.7 Å². The molecule has 0 unspecified atom stereocenters. The Hall–Kier alpha value is -2.61. The number of hydrogen-bond donors (Lipinski definition) is 0. The van der Waals surface area contributed by atoms with Gasteiger partial charge in [0.1, 0.15) is 0 Å². The molecule has 2 rings (SSSR count). The first-order valence-electron chi connectivity index (χ1n) is 7.59. The van der Waals surface area contributed by atoms with Crippen LogP contribution in [0, 0.1) is 28.4 Å². The van der Waals surface area contributed by atoms with Gasteiger partial charge in [-0.3, -0.25) is 10.1 Å². The van der Waals surface area contributed by atoms with Crippen molar-refractivity contribution in [1.82, 2.24) is 0 Å². The molecule has 0 bridgehead atoms. The van der Waals surface area contributed by atoms with Gasteiger partial charge in [-0.15, -0.1) is 13.0 Å². The Kier molecular flexibility index (Phi) is 5.17. The van der Waals surface area contributed by atoms with Crippen molar-refractivity contribution in [2.45, 2.75) is 37.7 Å². The molecule has 23 heavy (non-hydrogen) atoms. The number of benzene rings is 1. The largest absolute Gasteiger partial charge is 0.442 e. The lowest BCUT2D eigenvalue weighted by Gasteiger charge is -2.39. The van der Waals surface area contributed by atoms with Gasteiger partial charge in [0, 0.05) is 18.1 Å². The third-order valence-electron chi connectivity index (χ3n) is 4.29. The van der Waals surface area contributed by atoms with Crippen molar-refractivity contribution in [1.29, 1.82) is 0 Å². The Balaban J connectivity index is 2.20. The molecule has 1 aromatic rings. The number of allylic oxidation sites excluding steroid dienone is 1. The number of terminal acetylenes is 1. The fourth-order valence-electron chi connectivity index (χ4n) is 3.02. The van der Waals surface area contributed by atoms with Gasteiger partial charge in [0.15, 0.2) is 5.60 Å². The number of carbonyl (C=O) groups excluding carboxylic acids is 1. The van der Waals surface area contributed by atoms with E-state index in [2.05, 4.69) is 12.5 Å². The summed E-state index contributed by atoms with van der Waals surface area (Å²) in [4.78, 5) is 22.5. The molecule has 0 saturated heterocycles. The zero-order valence-corrected chi connectivity index (χ0v) is 12.9. The maximum Gasteiger partial charge on any atom is 0.339 e. The summed E-state index contributed by atoms with van der Waals surface area (Å²) in [5, 5.41) is 10.7. The Labute approximate surface area is 135 Å². The second-order valence-corrected chi connectivity index (χ2v) is 5.69. The third kappa shape index (κ3) is 3.59. The van der Waals surface area contributed by atoms with E-state index in [9.17, 15) is 14.9 Å². The van der Waals surface area contributed by atoms with Crippen LogP contribution in [0.5, 0.6) is 0 Å². The third-order valence-corrected chi connectivity index (χ3v) is 4.29. The summed E-state index contributed by atoms with van der Waals surface area (Å²) in [5.41, 5.74) is -0.741. The maximum absolute atomic E-state index is 12.4. The highest BCUT2D eigenvalue weighted by Gasteiger charge is 2.42. The minimum atomic E-state index is -0.925. The number of hydrogen-bond acceptors (Lipinski definition) is 4. The second-order valence-electron chi connectivity index (χ2n) is 5.69. The molecule has 5 heteroatoms. The van der Waals surface area contributed by atoms with Gasteiger partial charge in [-0.1, -0.05) is 18.4 Å². The number of carbonyl (C=O) groups is 1. The molecule has 1 fully saturated rings. The monoisotopic (exact) mass is 313 g/mol. The van der Waals surface area contributed by atoms with E-state index in [-0.39, 0.29) is 17.2 Å². The molecule has 1 saturated carbocycles. The number of nitro benzene ring substituents is 1. The van der Waals surface area contributed by atoms with Gasteiger partial charge in [-0.2, -0.15) is 0 Å². The number of rotatable bonds is 5. The van der Waals surface area contributed by atoms with Crippen molar-refractivity contribution in [2.24, 2.45) is 5.92 Å². The molecule has 2 atom stereocenters. The van der Waals surface area contributed by atoms with Gasteiger partial charge in [-0.05, 0) is 37.8 Å². The van der Waals surface area contributed by atoms with E-state index in [1.807, 2.05) is 0 Å². The maximum atomic E-state index is 12.4. The molecule has 1 aromatic carbocycles. The Morgan fingerprint density at radius 2 is 2.17 bits per heavy atom. The molecular weight excluding hydrogens is 294 g/mol. The first kappa shape index (κ1) is 16.8. The van der Waals surface area contributed by atoms with Gasteiger partial charge >= 0.3 is 5.97 Å². The zero-order chi connectivity index (χ0) is 16.9. The van der Waals surface area contributed by atoms with E-state index in [1.54, 1.807) is 6.08 Å². The smallest absolute Gasteiger partial charge is 0.339 e. The first-order chi connectivity index (χ1) is 11.0. The lowest BCUT2D eigenvalue weighted by Crippen LogP contribution is -2.43. The highest BCUT2D eigenvalue weighted by molar-refractivity contribution is 5.90. The fraction of sp³-hybridized carbons (Fsp3) is 0.389. The van der Waals surface area contributed by atoms with Gasteiger partial charge in [0.25, 0.3) is 5.69 Å². The SMILES string of the molecule is C#C[C@]1(OC(=O)c2ccc([N+](=O)[O-])cc2)CCCC[C@H]1CC=C. The summed E-state index contributed by atoms with van der Waals surface area (Å²) in [5.74, 6) is 2.19.